The summed E-state index contributed by atoms with van der Waals surface area (Å²) in [6, 6.07) is 18.0. The van der Waals surface area contributed by atoms with E-state index >= 15 is 0 Å². The van der Waals surface area contributed by atoms with E-state index in [0.29, 0.717) is 16.4 Å². The molecule has 0 radical (unpaired) electrons. The van der Waals surface area contributed by atoms with Crippen molar-refractivity contribution < 1.29 is 9.53 Å². The maximum Gasteiger partial charge on any atom is 0.274 e. The Bertz CT molecular complexity index is 882. The number of para-hydroxylation sites is 1. The van der Waals surface area contributed by atoms with Gasteiger partial charge in [0.1, 0.15) is 11.4 Å². The fourth-order valence-corrected chi connectivity index (χ4v) is 2.41. The third-order valence-electron chi connectivity index (χ3n) is 3.49. The Labute approximate surface area is 150 Å². The summed E-state index contributed by atoms with van der Waals surface area (Å²) in [5, 5.41) is 6.45. The highest BCUT2D eigenvalue weighted by atomic mass is 35.5. The van der Waals surface area contributed by atoms with Crippen LogP contribution in [0.2, 0.25) is 5.02 Å². The standard InChI is InChI=1S/C19H16ClN3O2/c1-25-15-8-6-13(7-9-15)22-14-10-11-21-18(12-14)19(24)23-17-5-3-2-4-16(17)20/h2-12H,1H3,(H,21,22)(H,23,24). The summed E-state index contributed by atoms with van der Waals surface area (Å²) in [4.78, 5) is 16.5. The molecule has 6 heteroatoms. The van der Waals surface area contributed by atoms with Gasteiger partial charge in [0, 0.05) is 17.6 Å². The molecule has 1 aromatic heterocycles. The van der Waals surface area contributed by atoms with Crippen LogP contribution < -0.4 is 15.4 Å². The van der Waals surface area contributed by atoms with Crippen LogP contribution in [0.15, 0.2) is 66.9 Å². The number of benzene rings is 2. The van der Waals surface area contributed by atoms with Gasteiger partial charge in [0.05, 0.1) is 17.8 Å². The van der Waals surface area contributed by atoms with Crippen molar-refractivity contribution in [3.63, 3.8) is 0 Å². The molecular formula is C19H16ClN3O2. The summed E-state index contributed by atoms with van der Waals surface area (Å²) in [6.45, 7) is 0. The molecule has 1 heterocycles. The number of hydrogen-bond donors (Lipinski definition) is 2. The zero-order valence-electron chi connectivity index (χ0n) is 13.5. The van der Waals surface area contributed by atoms with Gasteiger partial charge in [0.2, 0.25) is 0 Å². The number of methoxy groups -OCH3 is 1. The van der Waals surface area contributed by atoms with E-state index in [4.69, 9.17) is 16.3 Å². The van der Waals surface area contributed by atoms with E-state index in [-0.39, 0.29) is 5.91 Å². The molecule has 1 amide bonds. The SMILES string of the molecule is COc1ccc(Nc2ccnc(C(=O)Nc3ccccc3Cl)c2)cc1. The summed E-state index contributed by atoms with van der Waals surface area (Å²) in [7, 11) is 1.62. The molecule has 0 bridgehead atoms. The van der Waals surface area contributed by atoms with Gasteiger partial charge in [0.25, 0.3) is 5.91 Å². The van der Waals surface area contributed by atoms with Crippen LogP contribution in [0.5, 0.6) is 5.75 Å². The normalized spacial score (nSPS) is 10.2. The molecule has 3 rings (SSSR count). The van der Waals surface area contributed by atoms with Crippen LogP contribution in [0.3, 0.4) is 0 Å². The topological polar surface area (TPSA) is 63.2 Å². The monoisotopic (exact) mass is 353 g/mol. The maximum atomic E-state index is 12.4. The molecule has 0 aliphatic carbocycles. The van der Waals surface area contributed by atoms with Crippen molar-refractivity contribution in [2.45, 2.75) is 0 Å². The van der Waals surface area contributed by atoms with Crippen molar-refractivity contribution in [2.24, 2.45) is 0 Å². The van der Waals surface area contributed by atoms with E-state index in [1.165, 1.54) is 0 Å². The Morgan fingerprint density at radius 2 is 1.80 bits per heavy atom. The number of ether oxygens (including phenoxy) is 1. The Balaban J connectivity index is 1.74. The molecule has 2 aromatic carbocycles. The predicted molar refractivity (Wildman–Crippen MR) is 99.9 cm³/mol. The lowest BCUT2D eigenvalue weighted by molar-refractivity contribution is 0.102. The van der Waals surface area contributed by atoms with E-state index in [1.54, 1.807) is 49.7 Å². The largest absolute Gasteiger partial charge is 0.497 e. The van der Waals surface area contributed by atoms with Gasteiger partial charge in [-0.15, -0.1) is 0 Å². The number of carbonyl (C=O) groups excluding carboxylic acids is 1. The van der Waals surface area contributed by atoms with Gasteiger partial charge in [-0.25, -0.2) is 0 Å². The summed E-state index contributed by atoms with van der Waals surface area (Å²) in [5.41, 5.74) is 2.47. The second kappa shape index (κ2) is 7.68. The molecule has 0 saturated carbocycles. The van der Waals surface area contributed by atoms with Crippen LogP contribution in [-0.2, 0) is 0 Å². The van der Waals surface area contributed by atoms with E-state index in [1.807, 2.05) is 24.3 Å². The van der Waals surface area contributed by atoms with E-state index < -0.39 is 0 Å². The first-order chi connectivity index (χ1) is 12.2. The van der Waals surface area contributed by atoms with Gasteiger partial charge < -0.3 is 15.4 Å². The highest BCUT2D eigenvalue weighted by molar-refractivity contribution is 6.33. The number of carbonyl (C=O) groups is 1. The molecule has 0 saturated heterocycles. The van der Waals surface area contributed by atoms with Crippen LogP contribution in [0.4, 0.5) is 17.1 Å². The average molecular weight is 354 g/mol. The number of pyridine rings is 1. The minimum absolute atomic E-state index is 0.290. The summed E-state index contributed by atoms with van der Waals surface area (Å²) < 4.78 is 5.13. The number of amides is 1. The van der Waals surface area contributed by atoms with Gasteiger partial charge >= 0.3 is 0 Å². The molecule has 0 aliphatic heterocycles. The second-order valence-electron chi connectivity index (χ2n) is 5.22. The molecule has 0 fully saturated rings. The maximum absolute atomic E-state index is 12.4. The van der Waals surface area contributed by atoms with Crippen molar-refractivity contribution >= 4 is 34.6 Å². The summed E-state index contributed by atoms with van der Waals surface area (Å²) in [6.07, 6.45) is 1.58. The van der Waals surface area contributed by atoms with Crippen molar-refractivity contribution in [1.82, 2.24) is 4.98 Å². The van der Waals surface area contributed by atoms with Crippen LogP contribution in [-0.4, -0.2) is 18.0 Å². The predicted octanol–water partition coefficient (Wildman–Crippen LogP) is 4.74. The highest BCUT2D eigenvalue weighted by Gasteiger charge is 2.10. The first kappa shape index (κ1) is 16.8. The summed E-state index contributed by atoms with van der Waals surface area (Å²) >= 11 is 6.06. The van der Waals surface area contributed by atoms with Crippen molar-refractivity contribution in [1.29, 1.82) is 0 Å². The second-order valence-corrected chi connectivity index (χ2v) is 5.62. The van der Waals surface area contributed by atoms with Gasteiger partial charge in [-0.3, -0.25) is 9.78 Å². The number of anilines is 3. The van der Waals surface area contributed by atoms with Crippen LogP contribution >= 0.6 is 11.6 Å². The lowest BCUT2D eigenvalue weighted by Gasteiger charge is -2.10. The first-order valence-corrected chi connectivity index (χ1v) is 7.96. The molecule has 25 heavy (non-hydrogen) atoms. The fraction of sp³-hybridized carbons (Fsp3) is 0.0526. The molecule has 3 aromatic rings. The minimum atomic E-state index is -0.327. The molecule has 0 unspecified atom stereocenters. The van der Waals surface area contributed by atoms with Gasteiger partial charge in [-0.1, -0.05) is 23.7 Å². The van der Waals surface area contributed by atoms with Gasteiger partial charge in [-0.05, 0) is 48.5 Å². The van der Waals surface area contributed by atoms with Crippen molar-refractivity contribution in [3.05, 3.63) is 77.6 Å². The molecule has 126 valence electrons. The number of hydrogen-bond acceptors (Lipinski definition) is 4. The van der Waals surface area contributed by atoms with Gasteiger partial charge in [-0.2, -0.15) is 0 Å². The van der Waals surface area contributed by atoms with E-state index in [0.717, 1.165) is 17.1 Å². The average Bonchev–Trinajstić information content (AvgIpc) is 2.64. The Hall–Kier alpha value is -3.05. The van der Waals surface area contributed by atoms with Crippen molar-refractivity contribution in [3.8, 4) is 5.75 Å². The zero-order valence-corrected chi connectivity index (χ0v) is 14.2. The molecule has 5 nitrogen and oxygen atoms in total. The number of nitrogens with one attached hydrogen (secondary N) is 2. The van der Waals surface area contributed by atoms with Crippen molar-refractivity contribution in [2.75, 3.05) is 17.7 Å². The first-order valence-electron chi connectivity index (χ1n) is 7.59. The highest BCUT2D eigenvalue weighted by Crippen LogP contribution is 2.22. The fourth-order valence-electron chi connectivity index (χ4n) is 2.22. The summed E-state index contributed by atoms with van der Waals surface area (Å²) in [5.74, 6) is 0.451. The third-order valence-corrected chi connectivity index (χ3v) is 3.82. The Morgan fingerprint density at radius 1 is 1.04 bits per heavy atom. The molecule has 0 atom stereocenters. The molecule has 0 spiro atoms. The Morgan fingerprint density at radius 3 is 2.52 bits per heavy atom. The lowest BCUT2D eigenvalue weighted by Crippen LogP contribution is -2.14. The quantitative estimate of drug-likeness (QED) is 0.695. The molecule has 2 N–H and O–H groups in total. The molecular weight excluding hydrogens is 338 g/mol. The van der Waals surface area contributed by atoms with E-state index in [2.05, 4.69) is 15.6 Å². The van der Waals surface area contributed by atoms with Crippen LogP contribution in [0.1, 0.15) is 10.5 Å². The van der Waals surface area contributed by atoms with Crippen LogP contribution in [0.25, 0.3) is 0 Å². The smallest absolute Gasteiger partial charge is 0.274 e. The Kier molecular flexibility index (Phi) is 5.16. The van der Waals surface area contributed by atoms with Crippen LogP contribution in [0, 0.1) is 0 Å². The number of halogens is 1. The number of aromatic nitrogens is 1. The minimum Gasteiger partial charge on any atom is -0.497 e. The lowest BCUT2D eigenvalue weighted by atomic mass is 10.2. The number of rotatable bonds is 5. The zero-order chi connectivity index (χ0) is 17.6. The van der Waals surface area contributed by atoms with Gasteiger partial charge in [0.15, 0.2) is 0 Å². The third kappa shape index (κ3) is 4.28. The number of nitrogens with zero attached hydrogens (tertiary/aromatic N) is 1. The van der Waals surface area contributed by atoms with E-state index in [9.17, 15) is 4.79 Å². The molecule has 0 aliphatic rings.